The van der Waals surface area contributed by atoms with Crippen LogP contribution >= 0.6 is 0 Å². The minimum atomic E-state index is -0.557. The van der Waals surface area contributed by atoms with Crippen LogP contribution in [-0.4, -0.2) is 21.5 Å². The quantitative estimate of drug-likeness (QED) is 0.469. The third-order valence-electron chi connectivity index (χ3n) is 4.30. The van der Waals surface area contributed by atoms with Crippen LogP contribution in [0.2, 0.25) is 0 Å². The van der Waals surface area contributed by atoms with Crippen molar-refractivity contribution in [3.05, 3.63) is 88.4 Å². The van der Waals surface area contributed by atoms with Gasteiger partial charge in [0.1, 0.15) is 12.0 Å². The van der Waals surface area contributed by atoms with Crippen LogP contribution in [-0.2, 0) is 11.3 Å². The van der Waals surface area contributed by atoms with E-state index in [0.717, 1.165) is 18.0 Å². The molecule has 1 aliphatic rings. The van der Waals surface area contributed by atoms with E-state index in [4.69, 9.17) is 4.42 Å². The molecule has 3 heterocycles. The Morgan fingerprint density at radius 2 is 1.86 bits per heavy atom. The van der Waals surface area contributed by atoms with E-state index in [-0.39, 0.29) is 17.9 Å². The van der Waals surface area contributed by atoms with Crippen LogP contribution in [0, 0.1) is 0 Å². The van der Waals surface area contributed by atoms with Gasteiger partial charge in [-0.15, -0.1) is 0 Å². The average Bonchev–Trinajstić information content (AvgIpc) is 3.21. The van der Waals surface area contributed by atoms with Crippen molar-refractivity contribution < 1.29 is 19.1 Å². The zero-order valence-corrected chi connectivity index (χ0v) is 14.5. The molecule has 3 aromatic rings. The SMILES string of the molecule is O=C1NC(=O)c2ccc(-n3cccc3)cc2/C1=C/NCc1cc(=O)c(O)co1. The van der Waals surface area contributed by atoms with E-state index in [1.807, 2.05) is 29.1 Å². The van der Waals surface area contributed by atoms with Gasteiger partial charge >= 0.3 is 0 Å². The standard InChI is InChI=1S/C20H15N3O5/c24-17-8-13(28-11-18(17)25)9-21-10-16-15-7-12(23-5-1-2-6-23)3-4-14(15)19(26)22-20(16)27/h1-8,10-11,21,25H,9H2,(H,22,26,27)/b16-10-. The van der Waals surface area contributed by atoms with E-state index < -0.39 is 23.0 Å². The fourth-order valence-corrected chi connectivity index (χ4v) is 2.91. The molecule has 28 heavy (non-hydrogen) atoms. The Labute approximate surface area is 158 Å². The van der Waals surface area contributed by atoms with E-state index in [1.54, 1.807) is 18.2 Å². The summed E-state index contributed by atoms with van der Waals surface area (Å²) in [5.74, 6) is -1.17. The zero-order valence-electron chi connectivity index (χ0n) is 14.5. The highest BCUT2D eigenvalue weighted by molar-refractivity contribution is 6.31. The summed E-state index contributed by atoms with van der Waals surface area (Å²) in [7, 11) is 0. The summed E-state index contributed by atoms with van der Waals surface area (Å²) in [5, 5.41) is 14.4. The van der Waals surface area contributed by atoms with E-state index in [0.29, 0.717) is 11.1 Å². The second-order valence-electron chi connectivity index (χ2n) is 6.14. The highest BCUT2D eigenvalue weighted by Crippen LogP contribution is 2.26. The molecule has 0 radical (unpaired) electrons. The fourth-order valence-electron chi connectivity index (χ4n) is 2.91. The molecule has 8 nitrogen and oxygen atoms in total. The molecule has 140 valence electrons. The lowest BCUT2D eigenvalue weighted by atomic mass is 9.95. The lowest BCUT2D eigenvalue weighted by molar-refractivity contribution is -0.114. The number of carbonyl (C=O) groups excluding carboxylic acids is 2. The third-order valence-corrected chi connectivity index (χ3v) is 4.30. The summed E-state index contributed by atoms with van der Waals surface area (Å²) in [6.45, 7) is 0.118. The lowest BCUT2D eigenvalue weighted by Crippen LogP contribution is -2.37. The zero-order chi connectivity index (χ0) is 19.7. The molecule has 1 aliphatic heterocycles. The Kier molecular flexibility index (Phi) is 4.29. The van der Waals surface area contributed by atoms with Crippen molar-refractivity contribution in [2.24, 2.45) is 0 Å². The summed E-state index contributed by atoms with van der Waals surface area (Å²) in [6.07, 6.45) is 6.14. The van der Waals surface area contributed by atoms with E-state index in [1.165, 1.54) is 6.20 Å². The van der Waals surface area contributed by atoms with Crippen molar-refractivity contribution in [1.82, 2.24) is 15.2 Å². The van der Waals surface area contributed by atoms with Crippen LogP contribution in [0.1, 0.15) is 21.7 Å². The van der Waals surface area contributed by atoms with Gasteiger partial charge in [0, 0.05) is 41.5 Å². The molecule has 0 aliphatic carbocycles. The Balaban J connectivity index is 1.66. The van der Waals surface area contributed by atoms with Gasteiger partial charge in [-0.05, 0) is 30.3 Å². The largest absolute Gasteiger partial charge is 0.502 e. The molecular formula is C20H15N3O5. The summed E-state index contributed by atoms with van der Waals surface area (Å²) < 4.78 is 6.98. The molecule has 1 aromatic carbocycles. The predicted molar refractivity (Wildman–Crippen MR) is 99.7 cm³/mol. The molecule has 0 saturated carbocycles. The van der Waals surface area contributed by atoms with E-state index in [2.05, 4.69) is 10.6 Å². The first-order valence-corrected chi connectivity index (χ1v) is 8.40. The molecule has 4 rings (SSSR count). The number of hydrogen-bond acceptors (Lipinski definition) is 6. The normalized spacial score (nSPS) is 14.6. The summed E-state index contributed by atoms with van der Waals surface area (Å²) >= 11 is 0. The van der Waals surface area contributed by atoms with Crippen molar-refractivity contribution in [3.8, 4) is 11.4 Å². The molecule has 3 N–H and O–H groups in total. The van der Waals surface area contributed by atoms with Crippen LogP contribution < -0.4 is 16.1 Å². The average molecular weight is 377 g/mol. The molecule has 0 unspecified atom stereocenters. The van der Waals surface area contributed by atoms with Crippen LogP contribution in [0.3, 0.4) is 0 Å². The van der Waals surface area contributed by atoms with Gasteiger partial charge < -0.3 is 19.4 Å². The van der Waals surface area contributed by atoms with Gasteiger partial charge in [-0.25, -0.2) is 0 Å². The Morgan fingerprint density at radius 1 is 1.07 bits per heavy atom. The van der Waals surface area contributed by atoms with Crippen molar-refractivity contribution in [1.29, 1.82) is 0 Å². The number of carbonyl (C=O) groups is 2. The van der Waals surface area contributed by atoms with Gasteiger partial charge in [0.15, 0.2) is 5.75 Å². The number of benzene rings is 1. The minimum absolute atomic E-state index is 0.118. The van der Waals surface area contributed by atoms with Crippen LogP contribution in [0.25, 0.3) is 11.3 Å². The second kappa shape index (κ2) is 6.92. The molecule has 0 fully saturated rings. The summed E-state index contributed by atoms with van der Waals surface area (Å²) in [6, 6.07) is 10.1. The topological polar surface area (TPSA) is 114 Å². The van der Waals surface area contributed by atoms with Crippen molar-refractivity contribution in [3.63, 3.8) is 0 Å². The summed E-state index contributed by atoms with van der Waals surface area (Å²) in [5.41, 5.74) is 1.42. The van der Waals surface area contributed by atoms with Crippen molar-refractivity contribution >= 4 is 17.4 Å². The minimum Gasteiger partial charge on any atom is -0.502 e. The van der Waals surface area contributed by atoms with Gasteiger partial charge in [0.05, 0.1) is 12.1 Å². The molecule has 0 atom stereocenters. The smallest absolute Gasteiger partial charge is 0.260 e. The molecule has 2 aromatic heterocycles. The fraction of sp³-hybridized carbons (Fsp3) is 0.0500. The Hall–Kier alpha value is -4.07. The predicted octanol–water partition coefficient (Wildman–Crippen LogP) is 1.54. The number of nitrogens with one attached hydrogen (secondary N) is 2. The first-order chi connectivity index (χ1) is 13.5. The number of hydrogen-bond donors (Lipinski definition) is 3. The maximum Gasteiger partial charge on any atom is 0.260 e. The van der Waals surface area contributed by atoms with Crippen LogP contribution in [0.4, 0.5) is 0 Å². The highest BCUT2D eigenvalue weighted by Gasteiger charge is 2.27. The van der Waals surface area contributed by atoms with Crippen LogP contribution in [0.15, 0.2) is 70.5 Å². The molecule has 8 heteroatoms. The first kappa shape index (κ1) is 17.3. The molecular weight excluding hydrogens is 362 g/mol. The summed E-state index contributed by atoms with van der Waals surface area (Å²) in [4.78, 5) is 35.9. The molecule has 0 spiro atoms. The van der Waals surface area contributed by atoms with Gasteiger partial charge in [0.25, 0.3) is 11.8 Å². The number of aromatic hydroxyl groups is 1. The van der Waals surface area contributed by atoms with Crippen molar-refractivity contribution in [2.75, 3.05) is 0 Å². The number of imide groups is 1. The van der Waals surface area contributed by atoms with Crippen molar-refractivity contribution in [2.45, 2.75) is 6.54 Å². The maximum atomic E-state index is 12.4. The maximum absolute atomic E-state index is 12.4. The second-order valence-corrected chi connectivity index (χ2v) is 6.14. The molecule has 0 saturated heterocycles. The Bertz CT molecular complexity index is 1160. The van der Waals surface area contributed by atoms with Gasteiger partial charge in [0.2, 0.25) is 5.43 Å². The molecule has 0 bridgehead atoms. The van der Waals surface area contributed by atoms with E-state index in [9.17, 15) is 19.5 Å². The number of fused-ring (bicyclic) bond motifs is 1. The van der Waals surface area contributed by atoms with Crippen LogP contribution in [0.5, 0.6) is 5.75 Å². The van der Waals surface area contributed by atoms with E-state index >= 15 is 0 Å². The monoisotopic (exact) mass is 377 g/mol. The number of rotatable bonds is 4. The van der Waals surface area contributed by atoms with Gasteiger partial charge in [-0.2, -0.15) is 0 Å². The van der Waals surface area contributed by atoms with Gasteiger partial charge in [-0.1, -0.05) is 0 Å². The number of nitrogens with zero attached hydrogens (tertiary/aromatic N) is 1. The highest BCUT2D eigenvalue weighted by atomic mass is 16.4. The molecule has 2 amide bonds. The number of aromatic nitrogens is 1. The first-order valence-electron chi connectivity index (χ1n) is 8.40. The Morgan fingerprint density at radius 3 is 2.61 bits per heavy atom. The van der Waals surface area contributed by atoms with Gasteiger partial charge in [-0.3, -0.25) is 19.7 Å². The number of amides is 2. The third kappa shape index (κ3) is 3.18. The lowest BCUT2D eigenvalue weighted by Gasteiger charge is -2.19.